The molecule has 2 aromatic rings. The van der Waals surface area contributed by atoms with Crippen molar-refractivity contribution in [3.8, 4) is 0 Å². The summed E-state index contributed by atoms with van der Waals surface area (Å²) in [6.07, 6.45) is -0.0453. The van der Waals surface area contributed by atoms with E-state index in [0.29, 0.717) is 18.5 Å². The number of hydrogen-bond donors (Lipinski definition) is 2. The fourth-order valence-corrected chi connectivity index (χ4v) is 4.54. The van der Waals surface area contributed by atoms with Crippen LogP contribution in [-0.2, 0) is 24.1 Å². The Morgan fingerprint density at radius 2 is 1.71 bits per heavy atom. The average molecular weight is 410 g/mol. The number of fused-ring (bicyclic) bond motifs is 1. The van der Waals surface area contributed by atoms with E-state index in [1.165, 1.54) is 0 Å². The van der Waals surface area contributed by atoms with Gasteiger partial charge in [0.25, 0.3) is 5.91 Å². The number of halogens is 3. The maximum Gasteiger partial charge on any atom is 0.471 e. The monoisotopic (exact) mass is 410 g/mol. The minimum Gasteiger partial charge on any atom is -0.322 e. The molecule has 0 fully saturated rings. The predicted octanol–water partition coefficient (Wildman–Crippen LogP) is 5.33. The fourth-order valence-electron chi connectivity index (χ4n) is 3.26. The minimum atomic E-state index is -5.01. The predicted molar refractivity (Wildman–Crippen MR) is 104 cm³/mol. The second kappa shape index (κ2) is 8.34. The van der Waals surface area contributed by atoms with Crippen LogP contribution in [0.3, 0.4) is 0 Å². The van der Waals surface area contributed by atoms with E-state index in [4.69, 9.17) is 0 Å². The molecule has 0 saturated carbocycles. The molecule has 1 aliphatic rings. The number of alkyl halides is 3. The quantitative estimate of drug-likeness (QED) is 0.669. The molecule has 0 aliphatic heterocycles. The highest BCUT2D eigenvalue weighted by molar-refractivity contribution is 7.17. The Labute approximate surface area is 165 Å². The molecule has 0 atom stereocenters. The van der Waals surface area contributed by atoms with E-state index in [1.54, 1.807) is 12.1 Å². The fraction of sp³-hybridized carbons (Fsp3) is 0.400. The zero-order valence-corrected chi connectivity index (χ0v) is 16.2. The van der Waals surface area contributed by atoms with Crippen molar-refractivity contribution in [3.63, 3.8) is 0 Å². The van der Waals surface area contributed by atoms with Crippen molar-refractivity contribution in [1.82, 2.24) is 0 Å². The van der Waals surface area contributed by atoms with Gasteiger partial charge in [-0.05, 0) is 55.4 Å². The maximum absolute atomic E-state index is 12.9. The first-order valence-electron chi connectivity index (χ1n) is 9.22. The van der Waals surface area contributed by atoms with Crippen LogP contribution in [0.2, 0.25) is 0 Å². The van der Waals surface area contributed by atoms with Gasteiger partial charge in [-0.15, -0.1) is 11.3 Å². The van der Waals surface area contributed by atoms with E-state index in [-0.39, 0.29) is 10.6 Å². The Morgan fingerprint density at radius 3 is 2.36 bits per heavy atom. The summed E-state index contributed by atoms with van der Waals surface area (Å²) >= 11 is 1.07. The number of thiophene rings is 1. The van der Waals surface area contributed by atoms with Gasteiger partial charge in [0.05, 0.1) is 5.56 Å². The van der Waals surface area contributed by atoms with E-state index in [9.17, 15) is 22.8 Å². The van der Waals surface area contributed by atoms with Crippen molar-refractivity contribution in [2.75, 3.05) is 10.6 Å². The molecule has 0 radical (unpaired) electrons. The van der Waals surface area contributed by atoms with Crippen LogP contribution in [0.1, 0.15) is 52.5 Å². The third-order valence-electron chi connectivity index (χ3n) is 4.75. The van der Waals surface area contributed by atoms with Gasteiger partial charge in [0.15, 0.2) is 0 Å². The summed E-state index contributed by atoms with van der Waals surface area (Å²) < 4.78 is 38.2. The lowest BCUT2D eigenvalue weighted by Crippen LogP contribution is -2.30. The molecule has 2 N–H and O–H groups in total. The number of aryl methyl sites for hydroxylation is 2. The lowest BCUT2D eigenvalue weighted by Gasteiger charge is -2.11. The first-order valence-corrected chi connectivity index (χ1v) is 10.0. The Kier molecular flexibility index (Phi) is 6.07. The minimum absolute atomic E-state index is 0.0306. The smallest absolute Gasteiger partial charge is 0.322 e. The van der Waals surface area contributed by atoms with Crippen molar-refractivity contribution in [3.05, 3.63) is 45.8 Å². The molecule has 0 bridgehead atoms. The van der Waals surface area contributed by atoms with Crippen LogP contribution in [0.5, 0.6) is 0 Å². The van der Waals surface area contributed by atoms with Gasteiger partial charge in [-0.1, -0.05) is 25.5 Å². The van der Waals surface area contributed by atoms with Gasteiger partial charge in [-0.2, -0.15) is 13.2 Å². The molecule has 150 valence electrons. The number of benzene rings is 1. The van der Waals surface area contributed by atoms with Gasteiger partial charge >= 0.3 is 12.1 Å². The zero-order chi connectivity index (χ0) is 20.3. The Balaban J connectivity index is 1.92. The summed E-state index contributed by atoms with van der Waals surface area (Å²) in [7, 11) is 0. The van der Waals surface area contributed by atoms with Crippen molar-refractivity contribution in [2.24, 2.45) is 0 Å². The average Bonchev–Trinajstić information content (AvgIpc) is 2.82. The zero-order valence-electron chi connectivity index (χ0n) is 15.4. The molecular weight excluding hydrogens is 389 g/mol. The van der Waals surface area contributed by atoms with Gasteiger partial charge in [0.2, 0.25) is 0 Å². The van der Waals surface area contributed by atoms with Crippen molar-refractivity contribution in [1.29, 1.82) is 0 Å². The van der Waals surface area contributed by atoms with Crippen LogP contribution in [0, 0.1) is 0 Å². The van der Waals surface area contributed by atoms with Crippen molar-refractivity contribution in [2.45, 2.75) is 51.6 Å². The molecule has 3 rings (SSSR count). The van der Waals surface area contributed by atoms with Gasteiger partial charge in [-0.25, -0.2) is 0 Å². The molecule has 1 aromatic heterocycles. The SMILES string of the molecule is CCc1ccc(NC(=O)c2c(NC(=O)C(F)(F)F)sc3c2CCCCC3)cc1. The highest BCUT2D eigenvalue weighted by Crippen LogP contribution is 2.38. The number of hydrogen-bond acceptors (Lipinski definition) is 3. The van der Waals surface area contributed by atoms with E-state index in [2.05, 4.69) is 5.32 Å². The molecule has 0 spiro atoms. The maximum atomic E-state index is 12.9. The normalized spacial score (nSPS) is 14.1. The van der Waals surface area contributed by atoms with Gasteiger partial charge < -0.3 is 10.6 Å². The van der Waals surface area contributed by atoms with E-state index in [1.807, 2.05) is 24.4 Å². The number of amides is 2. The molecule has 1 heterocycles. The first kappa shape index (κ1) is 20.4. The van der Waals surface area contributed by atoms with Crippen LogP contribution in [0.15, 0.2) is 24.3 Å². The number of nitrogens with one attached hydrogen (secondary N) is 2. The second-order valence-electron chi connectivity index (χ2n) is 6.73. The summed E-state index contributed by atoms with van der Waals surface area (Å²) in [5, 5.41) is 4.63. The summed E-state index contributed by atoms with van der Waals surface area (Å²) in [6.45, 7) is 2.02. The standard InChI is InChI=1S/C20H21F3N2O2S/c1-2-12-8-10-13(11-9-12)24-17(26)16-14-6-4-3-5-7-15(14)28-18(16)25-19(27)20(21,22)23/h8-11H,2-7H2,1H3,(H,24,26)(H,25,27). The highest BCUT2D eigenvalue weighted by atomic mass is 32.1. The molecule has 8 heteroatoms. The van der Waals surface area contributed by atoms with Gasteiger partial charge in [0.1, 0.15) is 5.00 Å². The first-order chi connectivity index (χ1) is 13.3. The second-order valence-corrected chi connectivity index (χ2v) is 7.83. The van der Waals surface area contributed by atoms with Crippen LogP contribution in [0.25, 0.3) is 0 Å². The van der Waals surface area contributed by atoms with Gasteiger partial charge in [0, 0.05) is 10.6 Å². The third kappa shape index (κ3) is 4.55. The van der Waals surface area contributed by atoms with Crippen LogP contribution in [-0.4, -0.2) is 18.0 Å². The van der Waals surface area contributed by atoms with Crippen LogP contribution in [0.4, 0.5) is 23.9 Å². The Hall–Kier alpha value is -2.35. The van der Waals surface area contributed by atoms with Crippen LogP contribution >= 0.6 is 11.3 Å². The lowest BCUT2D eigenvalue weighted by molar-refractivity contribution is -0.167. The molecular formula is C20H21F3N2O2S. The molecule has 0 unspecified atom stereocenters. The number of anilines is 2. The Morgan fingerprint density at radius 1 is 1.04 bits per heavy atom. The van der Waals surface area contributed by atoms with Crippen molar-refractivity contribution < 1.29 is 22.8 Å². The summed E-state index contributed by atoms with van der Waals surface area (Å²) in [5.74, 6) is -2.56. The molecule has 2 amide bonds. The van der Waals surface area contributed by atoms with E-state index >= 15 is 0 Å². The highest BCUT2D eigenvalue weighted by Gasteiger charge is 2.40. The van der Waals surface area contributed by atoms with Crippen LogP contribution < -0.4 is 10.6 Å². The molecule has 1 aliphatic carbocycles. The molecule has 4 nitrogen and oxygen atoms in total. The largest absolute Gasteiger partial charge is 0.471 e. The third-order valence-corrected chi connectivity index (χ3v) is 5.96. The van der Waals surface area contributed by atoms with Crippen molar-refractivity contribution >= 4 is 33.8 Å². The van der Waals surface area contributed by atoms with E-state index in [0.717, 1.165) is 53.0 Å². The summed E-state index contributed by atoms with van der Waals surface area (Å²) in [4.78, 5) is 25.3. The summed E-state index contributed by atoms with van der Waals surface area (Å²) in [6, 6.07) is 7.29. The van der Waals surface area contributed by atoms with Gasteiger partial charge in [-0.3, -0.25) is 9.59 Å². The molecule has 1 aromatic carbocycles. The summed E-state index contributed by atoms with van der Waals surface area (Å²) in [5.41, 5.74) is 2.58. The topological polar surface area (TPSA) is 58.2 Å². The molecule has 0 saturated heterocycles. The number of rotatable bonds is 4. The number of carbonyl (C=O) groups is 2. The number of carbonyl (C=O) groups excluding carboxylic acids is 2. The van der Waals surface area contributed by atoms with E-state index < -0.39 is 18.0 Å². The Bertz CT molecular complexity index is 873. The lowest BCUT2D eigenvalue weighted by atomic mass is 10.0. The molecule has 28 heavy (non-hydrogen) atoms.